The summed E-state index contributed by atoms with van der Waals surface area (Å²) in [7, 11) is 1.70. The predicted molar refractivity (Wildman–Crippen MR) is 137 cm³/mol. The molecule has 3 aromatic heterocycles. The summed E-state index contributed by atoms with van der Waals surface area (Å²) in [5, 5.41) is 7.53. The molecule has 8 nitrogen and oxygen atoms in total. The third-order valence-corrected chi connectivity index (χ3v) is 7.67. The minimum absolute atomic E-state index is 0.0692. The molecule has 8 heteroatoms. The van der Waals surface area contributed by atoms with Crippen molar-refractivity contribution in [2.45, 2.75) is 57.4 Å². The number of carbonyl (C=O) groups is 1. The number of hydrogen-bond acceptors (Lipinski definition) is 5. The number of nitrogens with zero attached hydrogens (tertiary/aromatic N) is 5. The lowest BCUT2D eigenvalue weighted by Gasteiger charge is -2.33. The topological polar surface area (TPSA) is 88.9 Å². The van der Waals surface area contributed by atoms with Gasteiger partial charge in [-0.05, 0) is 74.8 Å². The van der Waals surface area contributed by atoms with Crippen molar-refractivity contribution >= 4 is 17.1 Å². The number of amides is 1. The Balaban J connectivity index is 1.20. The summed E-state index contributed by atoms with van der Waals surface area (Å²) < 4.78 is 7.72. The van der Waals surface area contributed by atoms with E-state index < -0.39 is 0 Å². The molecular weight excluding hydrogens is 452 g/mol. The van der Waals surface area contributed by atoms with Crippen molar-refractivity contribution in [2.24, 2.45) is 0 Å². The van der Waals surface area contributed by atoms with Gasteiger partial charge in [0, 0.05) is 43.0 Å². The predicted octanol–water partition coefficient (Wildman–Crippen LogP) is 4.30. The Hall–Kier alpha value is -3.68. The number of carbonyl (C=O) groups excluding carboxylic acids is 1. The molecule has 0 bridgehead atoms. The van der Waals surface area contributed by atoms with E-state index in [2.05, 4.69) is 31.9 Å². The van der Waals surface area contributed by atoms with E-state index in [1.54, 1.807) is 7.11 Å². The molecule has 0 saturated carbocycles. The van der Waals surface area contributed by atoms with Crippen LogP contribution in [0.25, 0.3) is 11.2 Å². The van der Waals surface area contributed by atoms with Crippen LogP contribution in [0.4, 0.5) is 0 Å². The summed E-state index contributed by atoms with van der Waals surface area (Å²) in [6.45, 7) is 1.43. The molecule has 6 rings (SSSR count). The van der Waals surface area contributed by atoms with Crippen LogP contribution in [0.1, 0.15) is 64.9 Å². The summed E-state index contributed by atoms with van der Waals surface area (Å²) in [5.74, 6) is 2.00. The fourth-order valence-corrected chi connectivity index (χ4v) is 5.76. The zero-order valence-electron chi connectivity index (χ0n) is 20.7. The molecular formula is C28H32N6O2. The number of aryl methyl sites for hydroxylation is 3. The third-order valence-electron chi connectivity index (χ3n) is 7.67. The summed E-state index contributed by atoms with van der Waals surface area (Å²) in [5.41, 5.74) is 6.01. The zero-order valence-corrected chi connectivity index (χ0v) is 20.7. The third kappa shape index (κ3) is 4.25. The van der Waals surface area contributed by atoms with Crippen LogP contribution in [-0.4, -0.2) is 55.7 Å². The molecule has 0 spiro atoms. The molecule has 1 aliphatic heterocycles. The van der Waals surface area contributed by atoms with Gasteiger partial charge in [0.1, 0.15) is 17.1 Å². The number of fused-ring (bicyclic) bond motifs is 2. The molecule has 0 unspecified atom stereocenters. The van der Waals surface area contributed by atoms with Crippen LogP contribution in [0.15, 0.2) is 42.6 Å². The molecule has 0 atom stereocenters. The van der Waals surface area contributed by atoms with Crippen LogP contribution in [-0.2, 0) is 25.7 Å². The van der Waals surface area contributed by atoms with Gasteiger partial charge < -0.3 is 14.2 Å². The number of H-pyrrole nitrogens is 1. The van der Waals surface area contributed by atoms with Gasteiger partial charge in [-0.1, -0.05) is 12.1 Å². The maximum atomic E-state index is 13.3. The molecule has 0 radical (unpaired) electrons. The number of aromatic nitrogens is 5. The molecule has 1 N–H and O–H groups in total. The van der Waals surface area contributed by atoms with Crippen molar-refractivity contribution in [3.8, 4) is 5.75 Å². The first kappa shape index (κ1) is 22.8. The number of pyridine rings is 1. The van der Waals surface area contributed by atoms with E-state index in [0.29, 0.717) is 18.8 Å². The fraction of sp³-hybridized carbons (Fsp3) is 0.429. The van der Waals surface area contributed by atoms with Crippen molar-refractivity contribution in [2.75, 3.05) is 20.2 Å². The Morgan fingerprint density at radius 1 is 1.11 bits per heavy atom. The molecule has 186 valence electrons. The van der Waals surface area contributed by atoms with E-state index in [1.807, 2.05) is 35.4 Å². The second-order valence-electron chi connectivity index (χ2n) is 9.86. The van der Waals surface area contributed by atoms with Crippen LogP contribution < -0.4 is 4.74 Å². The lowest BCUT2D eigenvalue weighted by molar-refractivity contribution is 0.0687. The van der Waals surface area contributed by atoms with Gasteiger partial charge in [0.05, 0.1) is 7.11 Å². The summed E-state index contributed by atoms with van der Waals surface area (Å²) in [6.07, 6.45) is 9.55. The Kier molecular flexibility index (Phi) is 6.17. The first-order valence-corrected chi connectivity index (χ1v) is 13.0. The monoisotopic (exact) mass is 484 g/mol. The first-order chi connectivity index (χ1) is 17.7. The number of piperidine rings is 1. The molecule has 1 aliphatic carbocycles. The number of benzene rings is 1. The standard InChI is InChI=1S/C28H32N6O2/c1-36-21-7-4-6-19(18-21)11-12-25-30-24-10-5-15-29-27(24)34(25)20-13-16-33(17-14-20)28(35)26-22-8-2-3-9-23(22)31-32-26/h4-7,10,15,18,20H,2-3,8-9,11-14,16-17H2,1H3,(H,31,32). The Morgan fingerprint density at radius 3 is 2.83 bits per heavy atom. The van der Waals surface area contributed by atoms with Gasteiger partial charge in [0.25, 0.3) is 5.91 Å². The van der Waals surface area contributed by atoms with Crippen LogP contribution in [0, 0.1) is 0 Å². The van der Waals surface area contributed by atoms with E-state index in [1.165, 1.54) is 12.0 Å². The lowest BCUT2D eigenvalue weighted by atomic mass is 9.95. The molecule has 1 amide bonds. The molecule has 36 heavy (non-hydrogen) atoms. The molecule has 1 saturated heterocycles. The number of ether oxygens (including phenoxy) is 1. The van der Waals surface area contributed by atoms with E-state index in [0.717, 1.165) is 78.9 Å². The van der Waals surface area contributed by atoms with Gasteiger partial charge in [-0.15, -0.1) is 0 Å². The van der Waals surface area contributed by atoms with E-state index in [4.69, 9.17) is 9.72 Å². The van der Waals surface area contributed by atoms with Crippen LogP contribution in [0.5, 0.6) is 5.75 Å². The average molecular weight is 485 g/mol. The van der Waals surface area contributed by atoms with Gasteiger partial charge in [-0.25, -0.2) is 9.97 Å². The van der Waals surface area contributed by atoms with Gasteiger partial charge in [0.15, 0.2) is 11.3 Å². The van der Waals surface area contributed by atoms with Gasteiger partial charge in [0.2, 0.25) is 0 Å². The number of aromatic amines is 1. The van der Waals surface area contributed by atoms with E-state index in [-0.39, 0.29) is 11.9 Å². The number of rotatable bonds is 6. The van der Waals surface area contributed by atoms with Crippen molar-refractivity contribution < 1.29 is 9.53 Å². The SMILES string of the molecule is COc1cccc(CCc2nc3cccnc3n2C2CCN(C(=O)c3n[nH]c4c3CCCC4)CC2)c1. The lowest BCUT2D eigenvalue weighted by Crippen LogP contribution is -2.40. The quantitative estimate of drug-likeness (QED) is 0.441. The second kappa shape index (κ2) is 9.76. The maximum Gasteiger partial charge on any atom is 0.274 e. The number of imidazole rings is 1. The number of likely N-dealkylation sites (tertiary alicyclic amines) is 1. The van der Waals surface area contributed by atoms with Crippen LogP contribution >= 0.6 is 0 Å². The number of methoxy groups -OCH3 is 1. The smallest absolute Gasteiger partial charge is 0.274 e. The van der Waals surface area contributed by atoms with Gasteiger partial charge in [-0.2, -0.15) is 5.10 Å². The number of hydrogen-bond donors (Lipinski definition) is 1. The fourth-order valence-electron chi connectivity index (χ4n) is 5.76. The minimum atomic E-state index is 0.0692. The maximum absolute atomic E-state index is 13.3. The largest absolute Gasteiger partial charge is 0.497 e. The summed E-state index contributed by atoms with van der Waals surface area (Å²) in [4.78, 5) is 24.9. The highest BCUT2D eigenvalue weighted by atomic mass is 16.5. The summed E-state index contributed by atoms with van der Waals surface area (Å²) >= 11 is 0. The average Bonchev–Trinajstić information content (AvgIpc) is 3.53. The number of nitrogens with one attached hydrogen (secondary N) is 1. The highest BCUT2D eigenvalue weighted by Crippen LogP contribution is 2.30. The van der Waals surface area contributed by atoms with E-state index in [9.17, 15) is 4.79 Å². The normalized spacial score (nSPS) is 16.3. The molecule has 4 heterocycles. The molecule has 1 aromatic carbocycles. The Bertz CT molecular complexity index is 1380. The van der Waals surface area contributed by atoms with Crippen molar-refractivity contribution in [3.05, 3.63) is 70.9 Å². The molecule has 4 aromatic rings. The van der Waals surface area contributed by atoms with Crippen LogP contribution in [0.3, 0.4) is 0 Å². The van der Waals surface area contributed by atoms with Crippen LogP contribution in [0.2, 0.25) is 0 Å². The van der Waals surface area contributed by atoms with Crippen molar-refractivity contribution in [1.82, 2.24) is 29.6 Å². The van der Waals surface area contributed by atoms with E-state index >= 15 is 0 Å². The van der Waals surface area contributed by atoms with Crippen molar-refractivity contribution in [3.63, 3.8) is 0 Å². The zero-order chi connectivity index (χ0) is 24.5. The first-order valence-electron chi connectivity index (χ1n) is 13.0. The highest BCUT2D eigenvalue weighted by Gasteiger charge is 2.30. The second-order valence-corrected chi connectivity index (χ2v) is 9.86. The summed E-state index contributed by atoms with van der Waals surface area (Å²) in [6, 6.07) is 12.5. The molecule has 2 aliphatic rings. The van der Waals surface area contributed by atoms with Crippen molar-refractivity contribution in [1.29, 1.82) is 0 Å². The minimum Gasteiger partial charge on any atom is -0.497 e. The Labute approximate surface area is 210 Å². The molecule has 1 fully saturated rings. The van der Waals surface area contributed by atoms with Gasteiger partial charge in [-0.3, -0.25) is 9.89 Å². The Morgan fingerprint density at radius 2 is 1.97 bits per heavy atom. The van der Waals surface area contributed by atoms with Gasteiger partial charge >= 0.3 is 0 Å². The highest BCUT2D eigenvalue weighted by molar-refractivity contribution is 5.94.